The van der Waals surface area contributed by atoms with Gasteiger partial charge in [-0.25, -0.2) is 0 Å². The van der Waals surface area contributed by atoms with E-state index in [1.54, 1.807) is 0 Å². The molecule has 0 radical (unpaired) electrons. The first kappa shape index (κ1) is 8.55. The molecule has 1 heterocycles. The Balaban J connectivity index is 0.000000845. The van der Waals surface area contributed by atoms with E-state index in [2.05, 4.69) is 19.2 Å². The smallest absolute Gasteiger partial charge is 0.0147 e. The zero-order valence-corrected chi connectivity index (χ0v) is 8.40. The van der Waals surface area contributed by atoms with Gasteiger partial charge in [0, 0.05) is 7.47 Å². The van der Waals surface area contributed by atoms with Crippen LogP contribution < -0.4 is 5.32 Å². The van der Waals surface area contributed by atoms with Crippen LogP contribution in [0.5, 0.6) is 0 Å². The summed E-state index contributed by atoms with van der Waals surface area (Å²) in [5, 5.41) is 3.69. The zero-order chi connectivity index (χ0) is 8.60. The van der Waals surface area contributed by atoms with Gasteiger partial charge in [-0.3, -0.25) is 0 Å². The summed E-state index contributed by atoms with van der Waals surface area (Å²) in [4.78, 5) is 0. The van der Waals surface area contributed by atoms with Crippen LogP contribution in [0.1, 0.15) is 47.4 Å². The lowest BCUT2D eigenvalue weighted by atomic mass is 9.74. The summed E-state index contributed by atoms with van der Waals surface area (Å²) >= 11 is 0. The molecule has 1 atom stereocenters. The maximum atomic E-state index is 3.69. The van der Waals surface area contributed by atoms with Gasteiger partial charge in [-0.1, -0.05) is 26.7 Å². The number of hydrogen-bond donors (Lipinski definition) is 1. The van der Waals surface area contributed by atoms with Gasteiger partial charge in [0.25, 0.3) is 0 Å². The summed E-state index contributed by atoms with van der Waals surface area (Å²) < 4.78 is 0. The molecule has 2 aliphatic rings. The largest absolute Gasteiger partial charge is 0.313 e. The number of rotatable bonds is 1. The molecule has 0 aromatic heterocycles. The van der Waals surface area contributed by atoms with Gasteiger partial charge in [0.1, 0.15) is 0 Å². The maximum absolute atomic E-state index is 3.69. The molecule has 1 unspecified atom stereocenters. The van der Waals surface area contributed by atoms with Crippen molar-refractivity contribution in [2.45, 2.75) is 52.0 Å². The molecule has 1 aliphatic carbocycles. The minimum absolute atomic E-state index is 0. The van der Waals surface area contributed by atoms with Gasteiger partial charge >= 0.3 is 0 Å². The van der Waals surface area contributed by atoms with E-state index in [4.69, 9.17) is 0 Å². The van der Waals surface area contributed by atoms with E-state index in [-0.39, 0.29) is 1.43 Å². The third kappa shape index (κ3) is 1.19. The Kier molecular flexibility index (Phi) is 2.16. The average Bonchev–Trinajstić information content (AvgIpc) is 2.61. The van der Waals surface area contributed by atoms with E-state index in [0.29, 0.717) is 5.41 Å². The fourth-order valence-corrected chi connectivity index (χ4v) is 3.43. The highest BCUT2D eigenvalue weighted by Gasteiger charge is 2.45. The van der Waals surface area contributed by atoms with Crippen molar-refractivity contribution < 1.29 is 1.43 Å². The lowest BCUT2D eigenvalue weighted by Gasteiger charge is -2.33. The van der Waals surface area contributed by atoms with Crippen LogP contribution in [0, 0.1) is 11.3 Å². The van der Waals surface area contributed by atoms with Gasteiger partial charge in [0.15, 0.2) is 0 Å². The second kappa shape index (κ2) is 3.02. The summed E-state index contributed by atoms with van der Waals surface area (Å²) in [7, 11) is 0. The van der Waals surface area contributed by atoms with Crippen LogP contribution in [0.4, 0.5) is 0 Å². The van der Waals surface area contributed by atoms with Crippen LogP contribution in [-0.4, -0.2) is 12.6 Å². The van der Waals surface area contributed by atoms with Crippen molar-refractivity contribution in [2.24, 2.45) is 11.3 Å². The highest BCUT2D eigenvalue weighted by Crippen LogP contribution is 2.48. The summed E-state index contributed by atoms with van der Waals surface area (Å²) in [6.45, 7) is 6.00. The molecule has 1 heteroatoms. The molecule has 1 aliphatic heterocycles. The van der Waals surface area contributed by atoms with Gasteiger partial charge in [0.2, 0.25) is 0 Å². The Labute approximate surface area is 77.4 Å². The molecule has 72 valence electrons. The normalized spacial score (nSPS) is 33.8. The highest BCUT2D eigenvalue weighted by molar-refractivity contribution is 5.00. The van der Waals surface area contributed by atoms with Crippen LogP contribution in [0.2, 0.25) is 0 Å². The van der Waals surface area contributed by atoms with Gasteiger partial charge in [-0.05, 0) is 37.1 Å². The van der Waals surface area contributed by atoms with Crippen molar-refractivity contribution >= 4 is 0 Å². The molecule has 1 N–H and O–H groups in total. The molecule has 0 aromatic carbocycles. The number of nitrogens with one attached hydrogen (secondary N) is 1. The maximum Gasteiger partial charge on any atom is 0.0147 e. The molecule has 1 saturated heterocycles. The first-order chi connectivity index (χ1) is 5.75. The standard InChI is InChI=1S/C11H21N.H2/c1-9(2)10-11(7-8-12-10)5-3-4-6-11;/h9-10,12H,3-8H2,1-2H3;1H. The second-order valence-corrected chi connectivity index (χ2v) is 5.00. The third-order valence-corrected chi connectivity index (χ3v) is 3.91. The fourth-order valence-electron chi connectivity index (χ4n) is 3.43. The average molecular weight is 169 g/mol. The van der Waals surface area contributed by atoms with E-state index in [1.165, 1.54) is 38.6 Å². The highest BCUT2D eigenvalue weighted by atomic mass is 15.0. The fraction of sp³-hybridized carbons (Fsp3) is 1.00. The van der Waals surface area contributed by atoms with Gasteiger partial charge in [-0.15, -0.1) is 0 Å². The van der Waals surface area contributed by atoms with Gasteiger partial charge in [-0.2, -0.15) is 0 Å². The predicted octanol–water partition coefficient (Wildman–Crippen LogP) is 2.81. The van der Waals surface area contributed by atoms with E-state index in [0.717, 1.165) is 12.0 Å². The van der Waals surface area contributed by atoms with Crippen LogP contribution in [0.25, 0.3) is 0 Å². The van der Waals surface area contributed by atoms with Gasteiger partial charge in [0.05, 0.1) is 0 Å². The van der Waals surface area contributed by atoms with E-state index in [1.807, 2.05) is 0 Å². The molecule has 2 fully saturated rings. The van der Waals surface area contributed by atoms with Crippen molar-refractivity contribution in [2.75, 3.05) is 6.54 Å². The summed E-state index contributed by atoms with van der Waals surface area (Å²) in [6.07, 6.45) is 7.37. The monoisotopic (exact) mass is 169 g/mol. The van der Waals surface area contributed by atoms with E-state index in [9.17, 15) is 0 Å². The number of hydrogen-bond acceptors (Lipinski definition) is 1. The Morgan fingerprint density at radius 3 is 2.50 bits per heavy atom. The Morgan fingerprint density at radius 1 is 1.25 bits per heavy atom. The van der Waals surface area contributed by atoms with Crippen LogP contribution >= 0.6 is 0 Å². The molecular weight excluding hydrogens is 146 g/mol. The molecule has 0 aromatic rings. The van der Waals surface area contributed by atoms with E-state index < -0.39 is 0 Å². The van der Waals surface area contributed by atoms with Crippen LogP contribution in [-0.2, 0) is 0 Å². The van der Waals surface area contributed by atoms with Crippen molar-refractivity contribution in [1.82, 2.24) is 5.32 Å². The summed E-state index contributed by atoms with van der Waals surface area (Å²) in [6, 6.07) is 0.819. The van der Waals surface area contributed by atoms with Crippen LogP contribution in [0.15, 0.2) is 0 Å². The SMILES string of the molecule is CC(C)C1NCCC12CCCC2.[HH]. The molecule has 1 saturated carbocycles. The summed E-state index contributed by atoms with van der Waals surface area (Å²) in [5.74, 6) is 0.825. The van der Waals surface area contributed by atoms with Crippen molar-refractivity contribution in [3.05, 3.63) is 0 Å². The quantitative estimate of drug-likeness (QED) is 0.636. The molecular formula is C11H23N. The molecule has 1 spiro atoms. The lowest BCUT2D eigenvalue weighted by Crippen LogP contribution is -2.39. The lowest BCUT2D eigenvalue weighted by molar-refractivity contribution is 0.209. The topological polar surface area (TPSA) is 12.0 Å². The minimum atomic E-state index is 0. The first-order valence-electron chi connectivity index (χ1n) is 5.48. The van der Waals surface area contributed by atoms with Crippen molar-refractivity contribution in [1.29, 1.82) is 0 Å². The molecule has 1 nitrogen and oxygen atoms in total. The zero-order valence-electron chi connectivity index (χ0n) is 8.40. The summed E-state index contributed by atoms with van der Waals surface area (Å²) in [5.41, 5.74) is 0.716. The Morgan fingerprint density at radius 2 is 1.92 bits per heavy atom. The molecule has 2 rings (SSSR count). The Hall–Kier alpha value is -0.0400. The first-order valence-corrected chi connectivity index (χ1v) is 5.48. The molecule has 12 heavy (non-hydrogen) atoms. The predicted molar refractivity (Wildman–Crippen MR) is 54.3 cm³/mol. The molecule has 0 amide bonds. The van der Waals surface area contributed by atoms with Gasteiger partial charge < -0.3 is 5.32 Å². The second-order valence-electron chi connectivity index (χ2n) is 5.00. The molecule has 0 bridgehead atoms. The van der Waals surface area contributed by atoms with Crippen molar-refractivity contribution in [3.8, 4) is 0 Å². The Bertz CT molecular complexity index is 156. The minimum Gasteiger partial charge on any atom is -0.313 e. The van der Waals surface area contributed by atoms with E-state index >= 15 is 0 Å². The van der Waals surface area contributed by atoms with Crippen LogP contribution in [0.3, 0.4) is 0 Å². The third-order valence-electron chi connectivity index (χ3n) is 3.91. The van der Waals surface area contributed by atoms with Crippen molar-refractivity contribution in [3.63, 3.8) is 0 Å².